The highest BCUT2D eigenvalue weighted by Crippen LogP contribution is 2.32. The third-order valence-corrected chi connectivity index (χ3v) is 4.47. The maximum atomic E-state index is 12.2. The summed E-state index contributed by atoms with van der Waals surface area (Å²) >= 11 is 1.39. The molecule has 0 fully saturated rings. The summed E-state index contributed by atoms with van der Waals surface area (Å²) in [5.41, 5.74) is 1.06. The fourth-order valence-corrected chi connectivity index (χ4v) is 3.04. The van der Waals surface area contributed by atoms with Crippen LogP contribution in [-0.2, 0) is 16.1 Å². The van der Waals surface area contributed by atoms with Gasteiger partial charge in [0.05, 0.1) is 27.5 Å². The van der Waals surface area contributed by atoms with Gasteiger partial charge in [0, 0.05) is 11.0 Å². The summed E-state index contributed by atoms with van der Waals surface area (Å²) in [6.07, 6.45) is 0. The van der Waals surface area contributed by atoms with E-state index in [0.29, 0.717) is 17.0 Å². The fraction of sp³-hybridized carbons (Fsp3) is 0.125. The Morgan fingerprint density at radius 2 is 2.08 bits per heavy atom. The molecule has 2 aromatic carbocycles. The summed E-state index contributed by atoms with van der Waals surface area (Å²) in [5, 5.41) is 13.6. The molecular formula is C16H12N2O5S. The van der Waals surface area contributed by atoms with E-state index < -0.39 is 10.9 Å². The first-order valence-electron chi connectivity index (χ1n) is 7.01. The van der Waals surface area contributed by atoms with Gasteiger partial charge in [0.15, 0.2) is 0 Å². The molecule has 122 valence electrons. The number of nitro benzene ring substituents is 1. The molecule has 1 aliphatic heterocycles. The van der Waals surface area contributed by atoms with E-state index in [0.717, 1.165) is 4.90 Å². The smallest absolute Gasteiger partial charge is 0.338 e. The lowest BCUT2D eigenvalue weighted by atomic mass is 10.2. The lowest BCUT2D eigenvalue weighted by molar-refractivity contribution is -0.385. The Balaban J connectivity index is 1.73. The molecule has 0 unspecified atom stereocenters. The van der Waals surface area contributed by atoms with Gasteiger partial charge in [0.1, 0.15) is 6.61 Å². The molecule has 0 saturated heterocycles. The van der Waals surface area contributed by atoms with Gasteiger partial charge in [0.25, 0.3) is 5.69 Å². The predicted octanol–water partition coefficient (Wildman–Crippen LogP) is 3.00. The van der Waals surface area contributed by atoms with Crippen molar-refractivity contribution in [1.29, 1.82) is 0 Å². The highest BCUT2D eigenvalue weighted by molar-refractivity contribution is 8.00. The Labute approximate surface area is 141 Å². The molecule has 0 aliphatic carbocycles. The molecule has 24 heavy (non-hydrogen) atoms. The minimum absolute atomic E-state index is 0.0978. The lowest BCUT2D eigenvalue weighted by Crippen LogP contribution is -2.19. The second-order valence-corrected chi connectivity index (χ2v) is 6.03. The molecule has 0 aromatic heterocycles. The summed E-state index contributed by atoms with van der Waals surface area (Å²) in [7, 11) is 0. The number of para-hydroxylation sites is 1. The van der Waals surface area contributed by atoms with E-state index in [-0.39, 0.29) is 23.8 Å². The molecule has 3 rings (SSSR count). The Bertz CT molecular complexity index is 837. The molecule has 0 bridgehead atoms. The van der Waals surface area contributed by atoms with Crippen molar-refractivity contribution in [3.8, 4) is 0 Å². The summed E-state index contributed by atoms with van der Waals surface area (Å²) in [5.74, 6) is -0.396. The monoisotopic (exact) mass is 344 g/mol. The largest absolute Gasteiger partial charge is 0.457 e. The van der Waals surface area contributed by atoms with Crippen LogP contribution in [0.25, 0.3) is 0 Å². The molecule has 7 nitrogen and oxygen atoms in total. The summed E-state index contributed by atoms with van der Waals surface area (Å²) in [6, 6.07) is 11.0. The van der Waals surface area contributed by atoms with Crippen LogP contribution in [0.15, 0.2) is 47.4 Å². The Morgan fingerprint density at radius 1 is 1.29 bits per heavy atom. The summed E-state index contributed by atoms with van der Waals surface area (Å²) < 4.78 is 5.16. The van der Waals surface area contributed by atoms with Gasteiger partial charge in [-0.3, -0.25) is 14.9 Å². The van der Waals surface area contributed by atoms with Gasteiger partial charge in [-0.15, -0.1) is 11.8 Å². The van der Waals surface area contributed by atoms with Gasteiger partial charge in [-0.05, 0) is 24.3 Å². The minimum atomic E-state index is -0.610. The minimum Gasteiger partial charge on any atom is -0.457 e. The zero-order valence-electron chi connectivity index (χ0n) is 12.4. The third-order valence-electron chi connectivity index (χ3n) is 3.40. The number of anilines is 1. The van der Waals surface area contributed by atoms with Crippen molar-refractivity contribution in [3.63, 3.8) is 0 Å². The van der Waals surface area contributed by atoms with Gasteiger partial charge in [-0.25, -0.2) is 4.79 Å². The average molecular weight is 344 g/mol. The van der Waals surface area contributed by atoms with Crippen LogP contribution >= 0.6 is 11.8 Å². The second-order valence-electron chi connectivity index (χ2n) is 5.01. The van der Waals surface area contributed by atoms with Crippen molar-refractivity contribution in [3.05, 3.63) is 63.7 Å². The van der Waals surface area contributed by atoms with E-state index in [1.165, 1.54) is 23.9 Å². The van der Waals surface area contributed by atoms with Crippen LogP contribution in [0.1, 0.15) is 15.9 Å². The highest BCUT2D eigenvalue weighted by atomic mass is 32.2. The van der Waals surface area contributed by atoms with Crippen LogP contribution in [0.4, 0.5) is 11.4 Å². The number of hydrogen-bond donors (Lipinski definition) is 1. The number of esters is 1. The zero-order chi connectivity index (χ0) is 17.1. The summed E-state index contributed by atoms with van der Waals surface area (Å²) in [6.45, 7) is -0.200. The quantitative estimate of drug-likeness (QED) is 0.520. The molecule has 0 radical (unpaired) electrons. The standard InChI is InChI=1S/C16H12N2O5S/c19-15-9-24-14-6-5-10(7-12(14)17-15)16(20)23-8-11-3-1-2-4-13(11)18(21)22/h1-7H,8-9H2,(H,17,19). The Hall–Kier alpha value is -2.87. The van der Waals surface area contributed by atoms with Crippen molar-refractivity contribution < 1.29 is 19.2 Å². The van der Waals surface area contributed by atoms with Gasteiger partial charge >= 0.3 is 5.97 Å². The van der Waals surface area contributed by atoms with E-state index in [1.807, 2.05) is 0 Å². The first kappa shape index (κ1) is 16.0. The maximum absolute atomic E-state index is 12.2. The number of thioether (sulfide) groups is 1. The number of benzene rings is 2. The van der Waals surface area contributed by atoms with E-state index in [4.69, 9.17) is 4.74 Å². The van der Waals surface area contributed by atoms with Gasteiger partial charge in [-0.2, -0.15) is 0 Å². The molecule has 0 atom stereocenters. The molecule has 8 heteroatoms. The van der Waals surface area contributed by atoms with Crippen molar-refractivity contribution in [2.24, 2.45) is 0 Å². The number of nitro groups is 1. The van der Waals surface area contributed by atoms with Crippen molar-refractivity contribution in [2.45, 2.75) is 11.5 Å². The van der Waals surface area contributed by atoms with Gasteiger partial charge in [-0.1, -0.05) is 12.1 Å². The Morgan fingerprint density at radius 3 is 2.88 bits per heavy atom. The molecular weight excluding hydrogens is 332 g/mol. The van der Waals surface area contributed by atoms with Gasteiger partial charge < -0.3 is 10.1 Å². The Kier molecular flexibility index (Phi) is 4.48. The molecule has 1 heterocycles. The SMILES string of the molecule is O=C1CSc2ccc(C(=O)OCc3ccccc3[N+](=O)[O-])cc2N1. The first-order chi connectivity index (χ1) is 11.5. The topological polar surface area (TPSA) is 98.5 Å². The van der Waals surface area contributed by atoms with Crippen LogP contribution in [0, 0.1) is 10.1 Å². The van der Waals surface area contributed by atoms with E-state index in [9.17, 15) is 19.7 Å². The molecule has 2 aromatic rings. The number of nitrogens with zero attached hydrogens (tertiary/aromatic N) is 1. The number of nitrogens with one attached hydrogen (secondary N) is 1. The molecule has 1 N–H and O–H groups in total. The van der Waals surface area contributed by atoms with Gasteiger partial charge in [0.2, 0.25) is 5.91 Å². The normalized spacial score (nSPS) is 12.9. The second kappa shape index (κ2) is 6.71. The van der Waals surface area contributed by atoms with Crippen LogP contribution in [-0.4, -0.2) is 22.6 Å². The average Bonchev–Trinajstić information content (AvgIpc) is 2.59. The van der Waals surface area contributed by atoms with E-state index in [2.05, 4.69) is 5.32 Å². The number of rotatable bonds is 4. The number of carbonyl (C=O) groups is 2. The first-order valence-corrected chi connectivity index (χ1v) is 7.99. The molecule has 0 spiro atoms. The third kappa shape index (κ3) is 3.38. The zero-order valence-corrected chi connectivity index (χ0v) is 13.2. The van der Waals surface area contributed by atoms with Crippen LogP contribution in [0.5, 0.6) is 0 Å². The number of carbonyl (C=O) groups excluding carboxylic acids is 2. The molecule has 1 aliphatic rings. The number of ether oxygens (including phenoxy) is 1. The highest BCUT2D eigenvalue weighted by Gasteiger charge is 2.19. The van der Waals surface area contributed by atoms with Crippen molar-refractivity contribution in [1.82, 2.24) is 0 Å². The molecule has 1 amide bonds. The maximum Gasteiger partial charge on any atom is 0.338 e. The van der Waals surface area contributed by atoms with Crippen LogP contribution < -0.4 is 5.32 Å². The lowest BCUT2D eigenvalue weighted by Gasteiger charge is -2.16. The fourth-order valence-electron chi connectivity index (χ4n) is 2.25. The van der Waals surface area contributed by atoms with Crippen molar-refractivity contribution >= 4 is 35.0 Å². The molecule has 0 saturated carbocycles. The number of fused-ring (bicyclic) bond motifs is 1. The number of amides is 1. The van der Waals surface area contributed by atoms with Crippen LogP contribution in [0.3, 0.4) is 0 Å². The predicted molar refractivity (Wildman–Crippen MR) is 88.0 cm³/mol. The van der Waals surface area contributed by atoms with E-state index in [1.54, 1.807) is 30.3 Å². The van der Waals surface area contributed by atoms with Crippen LogP contribution in [0.2, 0.25) is 0 Å². The van der Waals surface area contributed by atoms with E-state index >= 15 is 0 Å². The van der Waals surface area contributed by atoms with Crippen molar-refractivity contribution in [2.75, 3.05) is 11.1 Å². The summed E-state index contributed by atoms with van der Waals surface area (Å²) in [4.78, 5) is 34.9. The number of hydrogen-bond acceptors (Lipinski definition) is 6.